The fraction of sp³-hybridized carbons (Fsp3) is 0.733. The third-order valence-corrected chi connectivity index (χ3v) is 11.0. The highest BCUT2D eigenvalue weighted by Crippen LogP contribution is 2.81. The quantitative estimate of drug-likeness (QED) is 0.462. The summed E-state index contributed by atoms with van der Waals surface area (Å²) in [6, 6.07) is 7.67. The summed E-state index contributed by atoms with van der Waals surface area (Å²) < 4.78 is 30.9. The minimum absolute atomic E-state index is 0.222. The Bertz CT molecular complexity index is 1120. The van der Waals surface area contributed by atoms with Gasteiger partial charge in [0.15, 0.2) is 11.6 Å². The van der Waals surface area contributed by atoms with E-state index in [4.69, 9.17) is 23.7 Å². The molecular formula is C30H42O8. The molecule has 3 heterocycles. The van der Waals surface area contributed by atoms with E-state index in [0.717, 1.165) is 11.3 Å². The second kappa shape index (κ2) is 8.03. The Balaban J connectivity index is 1.38. The molecule has 3 saturated heterocycles. The molecule has 5 aliphatic rings. The molecule has 0 aromatic heterocycles. The molecular weight excluding hydrogens is 488 g/mol. The number of methoxy groups -OCH3 is 1. The lowest BCUT2D eigenvalue weighted by atomic mass is 9.65. The maximum absolute atomic E-state index is 12.1. The first-order valence-electron chi connectivity index (χ1n) is 13.7. The van der Waals surface area contributed by atoms with E-state index in [9.17, 15) is 15.3 Å². The summed E-state index contributed by atoms with van der Waals surface area (Å²) in [5, 5.41) is 35.9. The molecule has 210 valence electrons. The van der Waals surface area contributed by atoms with Crippen molar-refractivity contribution in [3.63, 3.8) is 0 Å². The number of hydrogen-bond acceptors (Lipinski definition) is 8. The van der Waals surface area contributed by atoms with Gasteiger partial charge in [-0.1, -0.05) is 39.0 Å². The zero-order valence-corrected chi connectivity index (χ0v) is 23.3. The van der Waals surface area contributed by atoms with E-state index in [1.165, 1.54) is 0 Å². The van der Waals surface area contributed by atoms with Gasteiger partial charge >= 0.3 is 0 Å². The van der Waals surface area contributed by atoms with Crippen LogP contribution in [0, 0.1) is 28.6 Å². The lowest BCUT2D eigenvalue weighted by Gasteiger charge is -2.44. The van der Waals surface area contributed by atoms with E-state index in [1.807, 2.05) is 58.9 Å². The molecule has 8 nitrogen and oxygen atoms in total. The molecule has 0 unspecified atom stereocenters. The number of aliphatic hydroxyl groups is 3. The molecule has 5 fully saturated rings. The standard InChI is InChI=1S/C30H42O8/c1-8-20(35-15-17-9-11-18(34-7)12-10-17)28(16-36-26(4,5)38-28)22-21-24-29(32)14-13-19(25(29,2)3)23(31)30(33,37-24)27(21,22)6/h8-12,19-24,31-33H,1,13-16H2,2-7H3/t19-,20-,21-,22+,23-,24+,27+,28+,29-,30+/m1/s1. The topological polar surface area (TPSA) is 107 Å². The van der Waals surface area contributed by atoms with Crippen molar-refractivity contribution in [2.24, 2.45) is 28.6 Å². The van der Waals surface area contributed by atoms with E-state index in [0.29, 0.717) is 19.4 Å². The third-order valence-electron chi connectivity index (χ3n) is 11.0. The molecule has 38 heavy (non-hydrogen) atoms. The van der Waals surface area contributed by atoms with Gasteiger partial charge in [-0.05, 0) is 50.3 Å². The van der Waals surface area contributed by atoms with Gasteiger partial charge in [0.25, 0.3) is 0 Å². The van der Waals surface area contributed by atoms with E-state index in [1.54, 1.807) is 13.2 Å². The normalized spacial score (nSPS) is 48.3. The predicted octanol–water partition coefficient (Wildman–Crippen LogP) is 3.17. The SMILES string of the molecule is C=C[C@@H](OCc1ccc(OC)cc1)[C@]1([C@H]2[C@@H]3[C@@H]4O[C@@](O)([C@H](O)[C@H]5CC[C@]4(O)C5(C)C)[C@@]32C)COC(C)(C)O1. The zero-order chi connectivity index (χ0) is 27.5. The summed E-state index contributed by atoms with van der Waals surface area (Å²) in [5.41, 5.74) is -2.73. The molecule has 2 saturated carbocycles. The molecule has 3 N–H and O–H groups in total. The Kier molecular flexibility index (Phi) is 5.64. The van der Waals surface area contributed by atoms with Crippen molar-refractivity contribution in [3.8, 4) is 5.75 Å². The van der Waals surface area contributed by atoms with Crippen LogP contribution in [0.5, 0.6) is 5.75 Å². The Labute approximate surface area is 224 Å². The first-order chi connectivity index (χ1) is 17.7. The van der Waals surface area contributed by atoms with Crippen LogP contribution in [0.4, 0.5) is 0 Å². The minimum Gasteiger partial charge on any atom is -0.497 e. The molecule has 4 bridgehead atoms. The van der Waals surface area contributed by atoms with E-state index < -0.39 is 51.9 Å². The van der Waals surface area contributed by atoms with Gasteiger partial charge in [0.05, 0.1) is 32.0 Å². The van der Waals surface area contributed by atoms with E-state index in [2.05, 4.69) is 6.58 Å². The summed E-state index contributed by atoms with van der Waals surface area (Å²) in [7, 11) is 1.63. The highest BCUT2D eigenvalue weighted by Gasteiger charge is 2.91. The smallest absolute Gasteiger partial charge is 0.198 e. The highest BCUT2D eigenvalue weighted by atomic mass is 16.8. The molecule has 0 amide bonds. The summed E-state index contributed by atoms with van der Waals surface area (Å²) in [4.78, 5) is 0. The van der Waals surface area contributed by atoms with Crippen molar-refractivity contribution in [2.45, 2.75) is 95.2 Å². The highest BCUT2D eigenvalue weighted by molar-refractivity contribution is 5.36. The molecule has 1 aromatic carbocycles. The molecule has 0 spiro atoms. The second-order valence-electron chi connectivity index (χ2n) is 13.3. The maximum atomic E-state index is 12.1. The van der Waals surface area contributed by atoms with Gasteiger partial charge in [0.2, 0.25) is 0 Å². The van der Waals surface area contributed by atoms with Gasteiger partial charge < -0.3 is 39.0 Å². The van der Waals surface area contributed by atoms with Crippen LogP contribution in [0.1, 0.15) is 53.0 Å². The number of hydrogen-bond donors (Lipinski definition) is 3. The van der Waals surface area contributed by atoms with Crippen LogP contribution in [0.2, 0.25) is 0 Å². The van der Waals surface area contributed by atoms with Crippen LogP contribution >= 0.6 is 0 Å². The van der Waals surface area contributed by atoms with Crippen molar-refractivity contribution in [2.75, 3.05) is 13.7 Å². The fourth-order valence-electron chi connectivity index (χ4n) is 8.79. The molecule has 0 radical (unpaired) electrons. The predicted molar refractivity (Wildman–Crippen MR) is 138 cm³/mol. The molecule has 8 heteroatoms. The maximum Gasteiger partial charge on any atom is 0.198 e. The van der Waals surface area contributed by atoms with E-state index >= 15 is 0 Å². The van der Waals surface area contributed by atoms with Gasteiger partial charge in [-0.3, -0.25) is 0 Å². The van der Waals surface area contributed by atoms with Crippen LogP contribution < -0.4 is 4.74 Å². The molecule has 3 aliphatic heterocycles. The van der Waals surface area contributed by atoms with Gasteiger partial charge in [-0.2, -0.15) is 0 Å². The number of benzene rings is 1. The minimum atomic E-state index is -1.83. The van der Waals surface area contributed by atoms with Gasteiger partial charge in [-0.15, -0.1) is 6.58 Å². The van der Waals surface area contributed by atoms with Crippen LogP contribution in [-0.4, -0.2) is 70.1 Å². The number of rotatable bonds is 7. The third kappa shape index (κ3) is 3.11. The largest absolute Gasteiger partial charge is 0.497 e. The number of ether oxygens (including phenoxy) is 5. The molecule has 10 atom stereocenters. The van der Waals surface area contributed by atoms with Crippen molar-refractivity contribution in [3.05, 3.63) is 42.5 Å². The average molecular weight is 531 g/mol. The van der Waals surface area contributed by atoms with Gasteiger partial charge in [-0.25, -0.2) is 0 Å². The lowest BCUT2D eigenvalue weighted by molar-refractivity contribution is -0.312. The number of aliphatic hydroxyl groups excluding tert-OH is 1. The van der Waals surface area contributed by atoms with Crippen molar-refractivity contribution in [1.29, 1.82) is 0 Å². The monoisotopic (exact) mass is 530 g/mol. The molecule has 1 aromatic rings. The molecule has 2 aliphatic carbocycles. The van der Waals surface area contributed by atoms with Crippen LogP contribution in [0.15, 0.2) is 36.9 Å². The van der Waals surface area contributed by atoms with Crippen molar-refractivity contribution < 1.29 is 39.0 Å². The Morgan fingerprint density at radius 2 is 1.82 bits per heavy atom. The van der Waals surface area contributed by atoms with Crippen molar-refractivity contribution in [1.82, 2.24) is 0 Å². The summed E-state index contributed by atoms with van der Waals surface area (Å²) in [6.07, 6.45) is 0.500. The molecule has 6 rings (SSSR count). The van der Waals surface area contributed by atoms with Gasteiger partial charge in [0.1, 0.15) is 23.6 Å². The van der Waals surface area contributed by atoms with Crippen molar-refractivity contribution >= 4 is 0 Å². The summed E-state index contributed by atoms with van der Waals surface area (Å²) >= 11 is 0. The number of fused-ring (bicyclic) bond motifs is 8. The van der Waals surface area contributed by atoms with Gasteiger partial charge in [0, 0.05) is 22.7 Å². The van der Waals surface area contributed by atoms with E-state index in [-0.39, 0.29) is 24.4 Å². The first-order valence-corrected chi connectivity index (χ1v) is 13.7. The Morgan fingerprint density at radius 3 is 2.39 bits per heavy atom. The van der Waals surface area contributed by atoms with Crippen LogP contribution in [0.3, 0.4) is 0 Å². The lowest BCUT2D eigenvalue weighted by Crippen LogP contribution is -2.58. The zero-order valence-electron chi connectivity index (χ0n) is 23.3. The fourth-order valence-corrected chi connectivity index (χ4v) is 8.79. The first kappa shape index (κ1) is 26.7. The average Bonchev–Trinajstić information content (AvgIpc) is 3.12. The Hall–Kier alpha value is -1.52. The summed E-state index contributed by atoms with van der Waals surface area (Å²) in [5.74, 6) is -2.83. The second-order valence-corrected chi connectivity index (χ2v) is 13.3. The Morgan fingerprint density at radius 1 is 1.13 bits per heavy atom. The van der Waals surface area contributed by atoms with Crippen LogP contribution in [-0.2, 0) is 25.6 Å². The summed E-state index contributed by atoms with van der Waals surface area (Å²) in [6.45, 7) is 14.3. The van der Waals surface area contributed by atoms with Crippen LogP contribution in [0.25, 0.3) is 0 Å².